The summed E-state index contributed by atoms with van der Waals surface area (Å²) in [6.07, 6.45) is 2.55. The molecule has 70 valence electrons. The predicted octanol–water partition coefficient (Wildman–Crippen LogP) is 1.65. The molecule has 0 N–H and O–H groups in total. The van der Waals surface area contributed by atoms with Crippen molar-refractivity contribution in [1.29, 1.82) is 0 Å². The van der Waals surface area contributed by atoms with Crippen LogP contribution in [0.5, 0.6) is 0 Å². The first-order chi connectivity index (χ1) is 5.63. The fourth-order valence-corrected chi connectivity index (χ4v) is 2.97. The summed E-state index contributed by atoms with van der Waals surface area (Å²) in [5.74, 6) is 0. The molecule has 0 aromatic heterocycles. The molecule has 0 spiro atoms. The first-order valence-electron chi connectivity index (χ1n) is 5.00. The SMILES string of the molecule is CC(C)N1C2COCCC1(C)C2. The van der Waals surface area contributed by atoms with Crippen molar-refractivity contribution in [3.05, 3.63) is 0 Å². The quantitative estimate of drug-likeness (QED) is 0.592. The lowest BCUT2D eigenvalue weighted by Gasteiger charge is -2.57. The van der Waals surface area contributed by atoms with E-state index in [1.54, 1.807) is 0 Å². The Bertz CT molecular complexity index is 177. The van der Waals surface area contributed by atoms with Gasteiger partial charge < -0.3 is 4.74 Å². The molecule has 0 radical (unpaired) electrons. The van der Waals surface area contributed by atoms with Gasteiger partial charge in [-0.3, -0.25) is 4.90 Å². The second kappa shape index (κ2) is 2.71. The first-order valence-corrected chi connectivity index (χ1v) is 5.00. The van der Waals surface area contributed by atoms with Gasteiger partial charge in [0.1, 0.15) is 0 Å². The second-order valence-electron chi connectivity index (χ2n) is 4.68. The van der Waals surface area contributed by atoms with Crippen molar-refractivity contribution < 1.29 is 4.74 Å². The summed E-state index contributed by atoms with van der Waals surface area (Å²) in [6, 6.07) is 1.38. The number of ether oxygens (including phenoxy) is 1. The van der Waals surface area contributed by atoms with Crippen LogP contribution in [0.15, 0.2) is 0 Å². The Hall–Kier alpha value is -0.0800. The number of rotatable bonds is 1. The summed E-state index contributed by atoms with van der Waals surface area (Å²) in [7, 11) is 0. The van der Waals surface area contributed by atoms with Crippen LogP contribution in [0, 0.1) is 0 Å². The molecule has 0 aliphatic carbocycles. The molecule has 2 bridgehead atoms. The highest BCUT2D eigenvalue weighted by Crippen LogP contribution is 2.42. The van der Waals surface area contributed by atoms with Crippen molar-refractivity contribution in [3.8, 4) is 0 Å². The minimum Gasteiger partial charge on any atom is -0.380 e. The van der Waals surface area contributed by atoms with Crippen molar-refractivity contribution in [3.63, 3.8) is 0 Å². The summed E-state index contributed by atoms with van der Waals surface area (Å²) in [4.78, 5) is 2.62. The lowest BCUT2D eigenvalue weighted by Crippen LogP contribution is -2.66. The van der Waals surface area contributed by atoms with Crippen molar-refractivity contribution in [1.82, 2.24) is 4.90 Å². The van der Waals surface area contributed by atoms with E-state index >= 15 is 0 Å². The fourth-order valence-electron chi connectivity index (χ4n) is 2.97. The zero-order valence-corrected chi connectivity index (χ0v) is 8.34. The molecule has 3 saturated heterocycles. The van der Waals surface area contributed by atoms with E-state index in [0.29, 0.717) is 17.6 Å². The number of nitrogens with zero attached hydrogens (tertiary/aromatic N) is 1. The third-order valence-corrected chi connectivity index (χ3v) is 3.34. The average molecular weight is 169 g/mol. The normalized spacial score (nSPS) is 42.5. The second-order valence-corrected chi connectivity index (χ2v) is 4.68. The van der Waals surface area contributed by atoms with Gasteiger partial charge in [0.25, 0.3) is 0 Å². The molecular weight excluding hydrogens is 150 g/mol. The molecule has 0 aromatic carbocycles. The van der Waals surface area contributed by atoms with E-state index in [2.05, 4.69) is 25.7 Å². The summed E-state index contributed by atoms with van der Waals surface area (Å²) in [5, 5.41) is 0. The fraction of sp³-hybridized carbons (Fsp3) is 1.00. The van der Waals surface area contributed by atoms with Gasteiger partial charge in [-0.05, 0) is 33.6 Å². The third kappa shape index (κ3) is 1.09. The van der Waals surface area contributed by atoms with Gasteiger partial charge in [-0.2, -0.15) is 0 Å². The monoisotopic (exact) mass is 169 g/mol. The molecule has 2 heteroatoms. The van der Waals surface area contributed by atoms with Gasteiger partial charge in [0, 0.05) is 24.2 Å². The van der Waals surface area contributed by atoms with Gasteiger partial charge >= 0.3 is 0 Å². The Morgan fingerprint density at radius 2 is 2.25 bits per heavy atom. The van der Waals surface area contributed by atoms with E-state index in [1.165, 1.54) is 12.8 Å². The van der Waals surface area contributed by atoms with Crippen LogP contribution in [0.25, 0.3) is 0 Å². The molecule has 0 aromatic rings. The summed E-state index contributed by atoms with van der Waals surface area (Å²) in [5.41, 5.74) is 0.454. The molecule has 3 aliphatic rings. The predicted molar refractivity (Wildman–Crippen MR) is 49.2 cm³/mol. The lowest BCUT2D eigenvalue weighted by molar-refractivity contribution is -0.0827. The van der Waals surface area contributed by atoms with Crippen LogP contribution in [-0.2, 0) is 4.74 Å². The van der Waals surface area contributed by atoms with Crippen LogP contribution in [0.1, 0.15) is 33.6 Å². The van der Waals surface area contributed by atoms with Crippen LogP contribution in [0.4, 0.5) is 0 Å². The van der Waals surface area contributed by atoms with Gasteiger partial charge in [-0.15, -0.1) is 0 Å². The molecule has 12 heavy (non-hydrogen) atoms. The van der Waals surface area contributed by atoms with E-state index in [0.717, 1.165) is 13.2 Å². The van der Waals surface area contributed by atoms with Gasteiger partial charge in [0.2, 0.25) is 0 Å². The highest BCUT2D eigenvalue weighted by atomic mass is 16.5. The number of hydrogen-bond donors (Lipinski definition) is 0. The van der Waals surface area contributed by atoms with Crippen LogP contribution in [-0.4, -0.2) is 35.7 Å². The average Bonchev–Trinajstić information content (AvgIpc) is 2.17. The highest BCUT2D eigenvalue weighted by Gasteiger charge is 2.50. The molecule has 2 unspecified atom stereocenters. The summed E-state index contributed by atoms with van der Waals surface area (Å²) in [6.45, 7) is 8.85. The largest absolute Gasteiger partial charge is 0.380 e. The van der Waals surface area contributed by atoms with Crippen molar-refractivity contribution in [2.24, 2.45) is 0 Å². The molecule has 3 rings (SSSR count). The highest BCUT2D eigenvalue weighted by molar-refractivity contribution is 5.05. The van der Waals surface area contributed by atoms with E-state index < -0.39 is 0 Å². The van der Waals surface area contributed by atoms with Crippen LogP contribution in [0.2, 0.25) is 0 Å². The molecule has 3 aliphatic heterocycles. The lowest BCUT2D eigenvalue weighted by atomic mass is 9.77. The van der Waals surface area contributed by atoms with E-state index in [4.69, 9.17) is 4.74 Å². The van der Waals surface area contributed by atoms with Crippen LogP contribution < -0.4 is 0 Å². The molecular formula is C10H19NO. The Morgan fingerprint density at radius 1 is 1.50 bits per heavy atom. The molecule has 2 nitrogen and oxygen atoms in total. The molecule has 2 atom stereocenters. The number of fused-ring (bicyclic) bond motifs is 3. The standard InChI is InChI=1S/C10H19NO/c1-8(2)11-9-6-10(11,3)4-5-12-7-9/h8-9H,4-7H2,1-3H3. The third-order valence-electron chi connectivity index (χ3n) is 3.34. The van der Waals surface area contributed by atoms with Crippen LogP contribution in [0.3, 0.4) is 0 Å². The minimum absolute atomic E-state index is 0.454. The zero-order chi connectivity index (χ0) is 8.77. The topological polar surface area (TPSA) is 12.5 Å². The zero-order valence-electron chi connectivity index (χ0n) is 8.34. The summed E-state index contributed by atoms with van der Waals surface area (Å²) >= 11 is 0. The van der Waals surface area contributed by atoms with Crippen LogP contribution >= 0.6 is 0 Å². The smallest absolute Gasteiger partial charge is 0.0622 e. The van der Waals surface area contributed by atoms with Crippen molar-refractivity contribution in [2.75, 3.05) is 13.2 Å². The van der Waals surface area contributed by atoms with Gasteiger partial charge in [0.05, 0.1) is 6.61 Å². The van der Waals surface area contributed by atoms with E-state index in [9.17, 15) is 0 Å². The van der Waals surface area contributed by atoms with Gasteiger partial charge in [0.15, 0.2) is 0 Å². The van der Waals surface area contributed by atoms with E-state index in [1.807, 2.05) is 0 Å². The molecule has 3 heterocycles. The Balaban J connectivity index is 2.13. The van der Waals surface area contributed by atoms with Gasteiger partial charge in [-0.25, -0.2) is 0 Å². The summed E-state index contributed by atoms with van der Waals surface area (Å²) < 4.78 is 5.55. The first kappa shape index (κ1) is 8.52. The Morgan fingerprint density at radius 3 is 2.92 bits per heavy atom. The Kier molecular flexibility index (Phi) is 1.92. The maximum absolute atomic E-state index is 5.55. The maximum Gasteiger partial charge on any atom is 0.0622 e. The molecule has 0 amide bonds. The van der Waals surface area contributed by atoms with E-state index in [-0.39, 0.29) is 0 Å². The van der Waals surface area contributed by atoms with Gasteiger partial charge in [-0.1, -0.05) is 0 Å². The van der Waals surface area contributed by atoms with Crippen molar-refractivity contribution >= 4 is 0 Å². The molecule has 0 saturated carbocycles. The molecule has 3 fully saturated rings. The maximum atomic E-state index is 5.55. The Labute approximate surface area is 74.9 Å². The number of hydrogen-bond acceptors (Lipinski definition) is 2. The minimum atomic E-state index is 0.454. The van der Waals surface area contributed by atoms with Crippen molar-refractivity contribution in [2.45, 2.75) is 51.2 Å².